The van der Waals surface area contributed by atoms with Crippen molar-refractivity contribution in [3.63, 3.8) is 0 Å². The van der Waals surface area contributed by atoms with Crippen LogP contribution in [-0.4, -0.2) is 29.5 Å². The van der Waals surface area contributed by atoms with Gasteiger partial charge in [0.2, 0.25) is 5.82 Å². The Bertz CT molecular complexity index is 1060. The average Bonchev–Trinajstić information content (AvgIpc) is 3.36. The fraction of sp³-hybridized carbons (Fsp3) is 0.176. The van der Waals surface area contributed by atoms with Crippen LogP contribution in [0.5, 0.6) is 0 Å². The molecule has 0 fully saturated rings. The molecule has 0 amide bonds. The monoisotopic (exact) mass is 432 g/mol. The molecule has 3 heterocycles. The molecule has 0 saturated carbocycles. The number of halogens is 2. The van der Waals surface area contributed by atoms with Gasteiger partial charge in [-0.3, -0.25) is 4.68 Å². The molecule has 0 radical (unpaired) electrons. The van der Waals surface area contributed by atoms with E-state index in [1.165, 1.54) is 17.4 Å². The van der Waals surface area contributed by atoms with E-state index in [-0.39, 0.29) is 11.9 Å². The van der Waals surface area contributed by atoms with Gasteiger partial charge in [0.1, 0.15) is 11.9 Å². The minimum absolute atomic E-state index is 0.202. The number of hydrogen-bond acceptors (Lipinski definition) is 5. The minimum Gasteiger partial charge on any atom is -0.261 e. The van der Waals surface area contributed by atoms with E-state index in [1.807, 2.05) is 24.6 Å². The number of hydrogen-bond donors (Lipinski definition) is 0. The zero-order chi connectivity index (χ0) is 18.3. The molecule has 4 rings (SSSR count). The van der Waals surface area contributed by atoms with Crippen LogP contribution in [0, 0.1) is 12.7 Å². The van der Waals surface area contributed by atoms with Crippen molar-refractivity contribution < 1.29 is 4.39 Å². The maximum absolute atomic E-state index is 14.1. The molecular formula is C17H14BrFN6S. The molecule has 0 spiro atoms. The number of nitrogens with zero attached hydrogens (tertiary/aromatic N) is 6. The van der Waals surface area contributed by atoms with E-state index in [0.29, 0.717) is 27.9 Å². The molecule has 4 aromatic rings. The normalized spacial score (nSPS) is 12.5. The van der Waals surface area contributed by atoms with Crippen molar-refractivity contribution in [2.45, 2.75) is 19.9 Å². The van der Waals surface area contributed by atoms with E-state index < -0.39 is 0 Å². The first-order valence-electron chi connectivity index (χ1n) is 7.86. The van der Waals surface area contributed by atoms with E-state index in [2.05, 4.69) is 36.1 Å². The van der Waals surface area contributed by atoms with E-state index in [9.17, 15) is 4.39 Å². The first-order chi connectivity index (χ1) is 12.5. The lowest BCUT2D eigenvalue weighted by molar-refractivity contribution is 0.522. The van der Waals surface area contributed by atoms with Gasteiger partial charge in [-0.2, -0.15) is 5.10 Å². The highest BCUT2D eigenvalue weighted by molar-refractivity contribution is 9.10. The van der Waals surface area contributed by atoms with Gasteiger partial charge in [0.15, 0.2) is 10.8 Å². The standard InChI is InChI=1S/C17H14BrFN6S/c1-10-3-4-13(7-14(10)19)25-16(11(2)24-9-12(18)8-21-24)22-15(23-25)17-20-5-6-26-17/h3-9,11H,1-2H3. The van der Waals surface area contributed by atoms with Gasteiger partial charge >= 0.3 is 0 Å². The highest BCUT2D eigenvalue weighted by Gasteiger charge is 2.22. The number of aryl methyl sites for hydroxylation is 1. The Labute approximate surface area is 161 Å². The molecule has 6 nitrogen and oxygen atoms in total. The Kier molecular flexibility index (Phi) is 4.41. The largest absolute Gasteiger partial charge is 0.261 e. The Morgan fingerprint density at radius 3 is 2.81 bits per heavy atom. The molecule has 132 valence electrons. The summed E-state index contributed by atoms with van der Waals surface area (Å²) >= 11 is 4.86. The lowest BCUT2D eigenvalue weighted by atomic mass is 10.2. The molecule has 1 aromatic carbocycles. The third-order valence-corrected chi connectivity index (χ3v) is 5.17. The zero-order valence-corrected chi connectivity index (χ0v) is 16.4. The molecule has 0 saturated heterocycles. The Balaban J connectivity index is 1.86. The van der Waals surface area contributed by atoms with Gasteiger partial charge in [0.25, 0.3) is 0 Å². The second-order valence-electron chi connectivity index (χ2n) is 5.79. The summed E-state index contributed by atoms with van der Waals surface area (Å²) < 4.78 is 18.4. The molecule has 0 bridgehead atoms. The molecular weight excluding hydrogens is 419 g/mol. The minimum atomic E-state index is -0.283. The predicted octanol–water partition coefficient (Wildman–Crippen LogP) is 4.41. The van der Waals surface area contributed by atoms with Crippen molar-refractivity contribution in [2.24, 2.45) is 0 Å². The molecule has 1 atom stereocenters. The summed E-state index contributed by atoms with van der Waals surface area (Å²) in [5.41, 5.74) is 1.19. The van der Waals surface area contributed by atoms with E-state index in [1.54, 1.807) is 34.7 Å². The summed E-state index contributed by atoms with van der Waals surface area (Å²) in [4.78, 5) is 8.95. The fourth-order valence-corrected chi connectivity index (χ4v) is 3.43. The molecule has 0 N–H and O–H groups in total. The molecule has 0 aliphatic rings. The van der Waals surface area contributed by atoms with E-state index >= 15 is 0 Å². The topological polar surface area (TPSA) is 61.4 Å². The molecule has 0 aliphatic heterocycles. The van der Waals surface area contributed by atoms with Gasteiger partial charge in [-0.05, 0) is 47.5 Å². The van der Waals surface area contributed by atoms with Crippen molar-refractivity contribution in [1.29, 1.82) is 0 Å². The van der Waals surface area contributed by atoms with Crippen LogP contribution in [0.3, 0.4) is 0 Å². The Morgan fingerprint density at radius 2 is 2.15 bits per heavy atom. The lowest BCUT2D eigenvalue weighted by Crippen LogP contribution is -2.14. The maximum atomic E-state index is 14.1. The zero-order valence-electron chi connectivity index (χ0n) is 14.0. The molecule has 26 heavy (non-hydrogen) atoms. The van der Waals surface area contributed by atoms with Crippen molar-refractivity contribution in [1.82, 2.24) is 29.5 Å². The van der Waals surface area contributed by atoms with Gasteiger partial charge in [-0.15, -0.1) is 16.4 Å². The van der Waals surface area contributed by atoms with Crippen LogP contribution >= 0.6 is 27.3 Å². The summed E-state index contributed by atoms with van der Waals surface area (Å²) in [7, 11) is 0. The first-order valence-corrected chi connectivity index (χ1v) is 9.53. The van der Waals surface area contributed by atoms with Crippen LogP contribution in [0.25, 0.3) is 16.5 Å². The van der Waals surface area contributed by atoms with Gasteiger partial charge in [-0.25, -0.2) is 19.0 Å². The maximum Gasteiger partial charge on any atom is 0.210 e. The summed E-state index contributed by atoms with van der Waals surface area (Å²) in [6.45, 7) is 3.70. The predicted molar refractivity (Wildman–Crippen MR) is 101 cm³/mol. The summed E-state index contributed by atoms with van der Waals surface area (Å²) in [5.74, 6) is 0.873. The number of benzene rings is 1. The van der Waals surface area contributed by atoms with Gasteiger partial charge in [0, 0.05) is 17.8 Å². The van der Waals surface area contributed by atoms with Crippen molar-refractivity contribution in [3.05, 3.63) is 63.8 Å². The first kappa shape index (κ1) is 17.0. The van der Waals surface area contributed by atoms with Crippen LogP contribution in [0.15, 0.2) is 46.6 Å². The summed E-state index contributed by atoms with van der Waals surface area (Å²) in [6.07, 6.45) is 5.28. The van der Waals surface area contributed by atoms with Crippen LogP contribution in [0.2, 0.25) is 0 Å². The van der Waals surface area contributed by atoms with Crippen LogP contribution in [0.1, 0.15) is 24.4 Å². The van der Waals surface area contributed by atoms with Crippen LogP contribution in [0.4, 0.5) is 4.39 Å². The third-order valence-electron chi connectivity index (χ3n) is 4.00. The van der Waals surface area contributed by atoms with Gasteiger partial charge in [-0.1, -0.05) is 6.07 Å². The number of thiazole rings is 1. The van der Waals surface area contributed by atoms with Crippen molar-refractivity contribution >= 4 is 27.3 Å². The molecule has 0 aliphatic carbocycles. The smallest absolute Gasteiger partial charge is 0.210 e. The van der Waals surface area contributed by atoms with Gasteiger partial charge < -0.3 is 0 Å². The second kappa shape index (κ2) is 6.73. The highest BCUT2D eigenvalue weighted by atomic mass is 79.9. The fourth-order valence-electron chi connectivity index (χ4n) is 2.57. The van der Waals surface area contributed by atoms with E-state index in [4.69, 9.17) is 0 Å². The van der Waals surface area contributed by atoms with Crippen molar-refractivity contribution in [2.75, 3.05) is 0 Å². The summed E-state index contributed by atoms with van der Waals surface area (Å²) in [6, 6.07) is 4.82. The Morgan fingerprint density at radius 1 is 1.31 bits per heavy atom. The van der Waals surface area contributed by atoms with Crippen molar-refractivity contribution in [3.8, 4) is 16.5 Å². The average molecular weight is 433 g/mol. The second-order valence-corrected chi connectivity index (χ2v) is 7.60. The van der Waals surface area contributed by atoms with Crippen LogP contribution < -0.4 is 0 Å². The Hall–Kier alpha value is -2.39. The van der Waals surface area contributed by atoms with E-state index in [0.717, 1.165) is 4.47 Å². The number of rotatable bonds is 4. The molecule has 3 aromatic heterocycles. The third kappa shape index (κ3) is 3.08. The summed E-state index contributed by atoms with van der Waals surface area (Å²) in [5, 5.41) is 11.5. The van der Waals surface area contributed by atoms with Gasteiger partial charge in [0.05, 0.1) is 16.4 Å². The quantitative estimate of drug-likeness (QED) is 0.479. The lowest BCUT2D eigenvalue weighted by Gasteiger charge is -2.13. The van der Waals surface area contributed by atoms with Crippen LogP contribution in [-0.2, 0) is 0 Å². The molecule has 9 heteroatoms. The molecule has 1 unspecified atom stereocenters. The SMILES string of the molecule is Cc1ccc(-n2nc(-c3nccs3)nc2C(C)n2cc(Br)cn2)cc1F. The highest BCUT2D eigenvalue weighted by Crippen LogP contribution is 2.26. The number of aromatic nitrogens is 6.